The average molecular weight is 320 g/mol. The Morgan fingerprint density at radius 3 is 2.35 bits per heavy atom. The number of hydrogen-bond acceptors (Lipinski definition) is 6. The molecule has 0 bridgehead atoms. The zero-order valence-corrected chi connectivity index (χ0v) is 14.1. The van der Waals surface area contributed by atoms with E-state index in [4.69, 9.17) is 5.73 Å². The fourth-order valence-corrected chi connectivity index (χ4v) is 2.70. The summed E-state index contributed by atoms with van der Waals surface area (Å²) in [6, 6.07) is -0.262. The Hall–Kier alpha value is -2.22. The first kappa shape index (κ1) is 17.1. The minimum atomic E-state index is -0.463. The van der Waals surface area contributed by atoms with Crippen LogP contribution in [0.1, 0.15) is 24.2 Å². The fourth-order valence-electron chi connectivity index (χ4n) is 2.70. The number of piperazine rings is 1. The lowest BCUT2D eigenvalue weighted by Gasteiger charge is -2.41. The van der Waals surface area contributed by atoms with Crippen molar-refractivity contribution in [2.45, 2.75) is 25.9 Å². The largest absolute Gasteiger partial charge is 0.368 e. The smallest absolute Gasteiger partial charge is 0.257 e. The summed E-state index contributed by atoms with van der Waals surface area (Å²) >= 11 is 0. The van der Waals surface area contributed by atoms with E-state index in [0.29, 0.717) is 31.1 Å². The van der Waals surface area contributed by atoms with Crippen LogP contribution in [0.15, 0.2) is 12.4 Å². The first-order chi connectivity index (χ1) is 10.8. The molecule has 2 heterocycles. The molecule has 1 aromatic heterocycles. The number of anilines is 1. The van der Waals surface area contributed by atoms with Crippen LogP contribution in [0.5, 0.6) is 0 Å². The number of nitrogens with zero attached hydrogens (tertiary/aromatic N) is 5. The maximum atomic E-state index is 12.6. The van der Waals surface area contributed by atoms with Crippen LogP contribution in [0.4, 0.5) is 5.95 Å². The van der Waals surface area contributed by atoms with Crippen molar-refractivity contribution in [2.75, 3.05) is 38.6 Å². The first-order valence-corrected chi connectivity index (χ1v) is 7.65. The SMILES string of the molecule is CC(C)N1CCN(C(=O)c2cnc(N(C)C)nc2)C[C@H]1C(N)=O. The monoisotopic (exact) mass is 320 g/mol. The van der Waals surface area contributed by atoms with Gasteiger partial charge in [0.1, 0.15) is 6.04 Å². The fraction of sp³-hybridized carbons (Fsp3) is 0.600. The van der Waals surface area contributed by atoms with Crippen LogP contribution >= 0.6 is 0 Å². The molecule has 2 N–H and O–H groups in total. The molecule has 1 aromatic rings. The lowest BCUT2D eigenvalue weighted by Crippen LogP contribution is -2.61. The van der Waals surface area contributed by atoms with Crippen LogP contribution in [0.25, 0.3) is 0 Å². The van der Waals surface area contributed by atoms with Gasteiger partial charge in [0, 0.05) is 52.2 Å². The van der Waals surface area contributed by atoms with Gasteiger partial charge in [-0.2, -0.15) is 0 Å². The molecule has 1 fully saturated rings. The predicted octanol–water partition coefficient (Wildman–Crippen LogP) is -0.437. The van der Waals surface area contributed by atoms with Crippen LogP contribution in [0, 0.1) is 0 Å². The molecule has 1 aliphatic heterocycles. The molecule has 2 rings (SSSR count). The maximum Gasteiger partial charge on any atom is 0.257 e. The van der Waals surface area contributed by atoms with Crippen molar-refractivity contribution < 1.29 is 9.59 Å². The van der Waals surface area contributed by atoms with Crippen molar-refractivity contribution >= 4 is 17.8 Å². The maximum absolute atomic E-state index is 12.6. The van der Waals surface area contributed by atoms with Gasteiger partial charge in [0.25, 0.3) is 5.91 Å². The molecular formula is C15H24N6O2. The van der Waals surface area contributed by atoms with Crippen molar-refractivity contribution in [3.05, 3.63) is 18.0 Å². The molecule has 1 aliphatic rings. The molecule has 0 spiro atoms. The number of aromatic nitrogens is 2. The Balaban J connectivity index is 2.12. The molecule has 126 valence electrons. The first-order valence-electron chi connectivity index (χ1n) is 7.65. The standard InChI is InChI=1S/C15H24N6O2/c1-10(2)21-6-5-20(9-12(21)13(16)22)14(23)11-7-17-15(18-8-11)19(3)4/h7-8,10,12H,5-6,9H2,1-4H3,(H2,16,22)/t12-/m0/s1. The Bertz CT molecular complexity index is 572. The van der Waals surface area contributed by atoms with Gasteiger partial charge < -0.3 is 15.5 Å². The Labute approximate surface area is 136 Å². The van der Waals surface area contributed by atoms with Gasteiger partial charge >= 0.3 is 0 Å². The highest BCUT2D eigenvalue weighted by Crippen LogP contribution is 2.16. The summed E-state index contributed by atoms with van der Waals surface area (Å²) in [5.74, 6) is -0.0402. The lowest BCUT2D eigenvalue weighted by atomic mass is 10.1. The van der Waals surface area contributed by atoms with Gasteiger partial charge in [0.2, 0.25) is 11.9 Å². The van der Waals surface area contributed by atoms with Gasteiger partial charge in [0.15, 0.2) is 0 Å². The summed E-state index contributed by atoms with van der Waals surface area (Å²) in [6.45, 7) is 5.49. The molecule has 8 nitrogen and oxygen atoms in total. The van der Waals surface area contributed by atoms with Crippen molar-refractivity contribution in [3.63, 3.8) is 0 Å². The van der Waals surface area contributed by atoms with E-state index in [1.165, 1.54) is 12.4 Å². The molecular weight excluding hydrogens is 296 g/mol. The van der Waals surface area contributed by atoms with E-state index in [-0.39, 0.29) is 11.9 Å². The van der Waals surface area contributed by atoms with E-state index < -0.39 is 11.9 Å². The van der Waals surface area contributed by atoms with Crippen LogP contribution < -0.4 is 10.6 Å². The minimum absolute atomic E-state index is 0.176. The Kier molecular flexibility index (Phi) is 5.15. The van der Waals surface area contributed by atoms with E-state index >= 15 is 0 Å². The topological polar surface area (TPSA) is 95.7 Å². The number of hydrogen-bond donors (Lipinski definition) is 1. The van der Waals surface area contributed by atoms with E-state index in [1.807, 2.05) is 32.8 Å². The summed E-state index contributed by atoms with van der Waals surface area (Å²) in [4.78, 5) is 38.0. The van der Waals surface area contributed by atoms with Gasteiger partial charge in [-0.15, -0.1) is 0 Å². The number of carbonyl (C=O) groups is 2. The molecule has 0 radical (unpaired) electrons. The summed E-state index contributed by atoms with van der Waals surface area (Å²) in [7, 11) is 3.67. The molecule has 0 unspecified atom stereocenters. The number of carbonyl (C=O) groups excluding carboxylic acids is 2. The van der Waals surface area contributed by atoms with Crippen molar-refractivity contribution in [2.24, 2.45) is 5.73 Å². The lowest BCUT2D eigenvalue weighted by molar-refractivity contribution is -0.126. The average Bonchev–Trinajstić information content (AvgIpc) is 2.53. The third-order valence-corrected chi connectivity index (χ3v) is 3.99. The third kappa shape index (κ3) is 3.76. The zero-order valence-electron chi connectivity index (χ0n) is 14.1. The molecule has 1 atom stereocenters. The molecule has 8 heteroatoms. The second kappa shape index (κ2) is 6.91. The number of nitrogens with two attached hydrogens (primary N) is 1. The second-order valence-electron chi connectivity index (χ2n) is 6.17. The Morgan fingerprint density at radius 2 is 1.87 bits per heavy atom. The number of primary amides is 1. The zero-order chi connectivity index (χ0) is 17.1. The van der Waals surface area contributed by atoms with Gasteiger partial charge in [-0.1, -0.05) is 0 Å². The molecule has 2 amide bonds. The molecule has 0 aliphatic carbocycles. The highest BCUT2D eigenvalue weighted by atomic mass is 16.2. The van der Waals surface area contributed by atoms with E-state index in [9.17, 15) is 9.59 Å². The molecule has 0 aromatic carbocycles. The van der Waals surface area contributed by atoms with E-state index in [1.54, 1.807) is 9.80 Å². The van der Waals surface area contributed by atoms with Crippen LogP contribution in [0.3, 0.4) is 0 Å². The molecule has 0 saturated carbocycles. The van der Waals surface area contributed by atoms with Gasteiger partial charge in [0.05, 0.1) is 5.56 Å². The van der Waals surface area contributed by atoms with Gasteiger partial charge in [-0.3, -0.25) is 14.5 Å². The van der Waals surface area contributed by atoms with E-state index in [0.717, 1.165) is 0 Å². The van der Waals surface area contributed by atoms with Crippen molar-refractivity contribution in [1.29, 1.82) is 0 Å². The van der Waals surface area contributed by atoms with Crippen molar-refractivity contribution in [3.8, 4) is 0 Å². The Morgan fingerprint density at radius 1 is 1.26 bits per heavy atom. The highest BCUT2D eigenvalue weighted by molar-refractivity contribution is 5.94. The second-order valence-corrected chi connectivity index (χ2v) is 6.17. The van der Waals surface area contributed by atoms with Crippen LogP contribution in [-0.2, 0) is 4.79 Å². The molecule has 23 heavy (non-hydrogen) atoms. The van der Waals surface area contributed by atoms with E-state index in [2.05, 4.69) is 9.97 Å². The summed E-state index contributed by atoms with van der Waals surface area (Å²) in [5, 5.41) is 0. The number of amides is 2. The number of rotatable bonds is 4. The van der Waals surface area contributed by atoms with Gasteiger partial charge in [-0.05, 0) is 13.8 Å². The normalized spacial score (nSPS) is 19.0. The van der Waals surface area contributed by atoms with Crippen LogP contribution in [0.2, 0.25) is 0 Å². The predicted molar refractivity (Wildman–Crippen MR) is 87.1 cm³/mol. The van der Waals surface area contributed by atoms with Crippen LogP contribution in [-0.4, -0.2) is 77.4 Å². The summed E-state index contributed by atoms with van der Waals surface area (Å²) in [5.41, 5.74) is 5.91. The third-order valence-electron chi connectivity index (χ3n) is 3.99. The molecule has 1 saturated heterocycles. The van der Waals surface area contributed by atoms with Gasteiger partial charge in [-0.25, -0.2) is 9.97 Å². The highest BCUT2D eigenvalue weighted by Gasteiger charge is 2.34. The van der Waals surface area contributed by atoms with Crippen molar-refractivity contribution in [1.82, 2.24) is 19.8 Å². The summed E-state index contributed by atoms with van der Waals surface area (Å²) < 4.78 is 0. The minimum Gasteiger partial charge on any atom is -0.368 e. The quantitative estimate of drug-likeness (QED) is 0.808. The summed E-state index contributed by atoms with van der Waals surface area (Å²) in [6.07, 6.45) is 3.03.